The van der Waals surface area contributed by atoms with E-state index >= 15 is 0 Å². The van der Waals surface area contributed by atoms with E-state index in [4.69, 9.17) is 16.7 Å². The van der Waals surface area contributed by atoms with E-state index in [-0.39, 0.29) is 5.54 Å². The molecule has 1 aromatic carbocycles. The lowest BCUT2D eigenvalue weighted by Gasteiger charge is -2.33. The maximum Gasteiger partial charge on any atom is 0.115 e. The molecule has 0 heterocycles. The Morgan fingerprint density at radius 1 is 1.27 bits per heavy atom. The molecule has 1 N–H and O–H groups in total. The van der Waals surface area contributed by atoms with Gasteiger partial charge >= 0.3 is 0 Å². The van der Waals surface area contributed by atoms with Gasteiger partial charge in [-0.15, -0.1) is 11.6 Å². The second-order valence-corrected chi connectivity index (χ2v) is 4.74. The molecule has 1 rings (SSSR count). The molecule has 15 heavy (non-hydrogen) atoms. The number of aromatic hydroxyl groups is 1. The predicted octanol–water partition coefficient (Wildman–Crippen LogP) is 2.84. The Kier molecular flexibility index (Phi) is 4.00. The SMILES string of the molecule is CN(Cc1ccc(O)cc1)C(C)(C)CCl. The van der Waals surface area contributed by atoms with Crippen LogP contribution in [0, 0.1) is 0 Å². The van der Waals surface area contributed by atoms with Crippen molar-refractivity contribution in [3.63, 3.8) is 0 Å². The normalized spacial score (nSPS) is 12.1. The quantitative estimate of drug-likeness (QED) is 0.800. The van der Waals surface area contributed by atoms with Gasteiger partial charge in [-0.1, -0.05) is 12.1 Å². The fraction of sp³-hybridized carbons (Fsp3) is 0.500. The van der Waals surface area contributed by atoms with Crippen molar-refractivity contribution in [3.8, 4) is 5.75 Å². The molecular formula is C12H18ClNO. The molecule has 3 heteroatoms. The van der Waals surface area contributed by atoms with Gasteiger partial charge in [0.1, 0.15) is 5.75 Å². The first-order chi connectivity index (χ1) is 6.95. The average molecular weight is 228 g/mol. The molecule has 0 radical (unpaired) electrons. The van der Waals surface area contributed by atoms with E-state index < -0.39 is 0 Å². The first-order valence-corrected chi connectivity index (χ1v) is 5.54. The Labute approximate surface area is 96.5 Å². The van der Waals surface area contributed by atoms with Gasteiger partial charge in [-0.05, 0) is 38.6 Å². The van der Waals surface area contributed by atoms with E-state index in [1.807, 2.05) is 12.1 Å². The van der Waals surface area contributed by atoms with Crippen molar-refractivity contribution in [2.45, 2.75) is 25.9 Å². The highest BCUT2D eigenvalue weighted by Gasteiger charge is 2.21. The van der Waals surface area contributed by atoms with Gasteiger partial charge in [-0.25, -0.2) is 0 Å². The molecule has 0 spiro atoms. The third-order valence-corrected chi connectivity index (χ3v) is 3.37. The highest BCUT2D eigenvalue weighted by Crippen LogP contribution is 2.18. The van der Waals surface area contributed by atoms with Gasteiger partial charge in [0.25, 0.3) is 0 Å². The maximum atomic E-state index is 9.16. The van der Waals surface area contributed by atoms with E-state index in [2.05, 4.69) is 25.8 Å². The second kappa shape index (κ2) is 4.86. The van der Waals surface area contributed by atoms with Gasteiger partial charge < -0.3 is 5.11 Å². The zero-order chi connectivity index (χ0) is 11.5. The molecule has 0 atom stereocenters. The van der Waals surface area contributed by atoms with Crippen LogP contribution in [0.5, 0.6) is 5.75 Å². The Bertz CT molecular complexity index is 308. The standard InChI is InChI=1S/C12H18ClNO/c1-12(2,9-13)14(3)8-10-4-6-11(15)7-5-10/h4-7,15H,8-9H2,1-3H3. The predicted molar refractivity (Wildman–Crippen MR) is 64.4 cm³/mol. The molecule has 84 valence electrons. The monoisotopic (exact) mass is 227 g/mol. The van der Waals surface area contributed by atoms with E-state index in [1.165, 1.54) is 5.56 Å². The summed E-state index contributed by atoms with van der Waals surface area (Å²) in [5, 5.41) is 9.16. The summed E-state index contributed by atoms with van der Waals surface area (Å²) in [6.45, 7) is 5.06. The topological polar surface area (TPSA) is 23.5 Å². The third kappa shape index (κ3) is 3.40. The highest BCUT2D eigenvalue weighted by molar-refractivity contribution is 6.18. The zero-order valence-electron chi connectivity index (χ0n) is 9.50. The Balaban J connectivity index is 2.66. The number of phenolic OH excluding ortho intramolecular Hbond substituents is 1. The molecule has 0 aliphatic rings. The molecule has 0 unspecified atom stereocenters. The van der Waals surface area contributed by atoms with Gasteiger partial charge in [0.05, 0.1) is 0 Å². The average Bonchev–Trinajstić information content (AvgIpc) is 2.21. The number of nitrogens with zero attached hydrogens (tertiary/aromatic N) is 1. The molecule has 0 aliphatic carbocycles. The van der Waals surface area contributed by atoms with Crippen molar-refractivity contribution in [2.75, 3.05) is 12.9 Å². The van der Waals surface area contributed by atoms with Crippen molar-refractivity contribution in [2.24, 2.45) is 0 Å². The number of benzene rings is 1. The summed E-state index contributed by atoms with van der Waals surface area (Å²) in [4.78, 5) is 2.20. The van der Waals surface area contributed by atoms with Crippen LogP contribution in [0.1, 0.15) is 19.4 Å². The molecule has 0 aromatic heterocycles. The fourth-order valence-corrected chi connectivity index (χ4v) is 1.40. The molecule has 0 amide bonds. The zero-order valence-corrected chi connectivity index (χ0v) is 10.3. The number of halogens is 1. The van der Waals surface area contributed by atoms with Crippen LogP contribution >= 0.6 is 11.6 Å². The largest absolute Gasteiger partial charge is 0.508 e. The lowest BCUT2D eigenvalue weighted by molar-refractivity contribution is 0.170. The smallest absolute Gasteiger partial charge is 0.115 e. The Hall–Kier alpha value is -0.730. The lowest BCUT2D eigenvalue weighted by Crippen LogP contribution is -2.42. The lowest BCUT2D eigenvalue weighted by atomic mass is 10.1. The van der Waals surface area contributed by atoms with Crippen LogP contribution in [-0.4, -0.2) is 28.5 Å². The minimum atomic E-state index is -0.0144. The first kappa shape index (κ1) is 12.3. The van der Waals surface area contributed by atoms with Crippen molar-refractivity contribution < 1.29 is 5.11 Å². The number of phenols is 1. The molecule has 2 nitrogen and oxygen atoms in total. The molecule has 0 bridgehead atoms. The van der Waals surface area contributed by atoms with Crippen LogP contribution in [0.25, 0.3) is 0 Å². The minimum Gasteiger partial charge on any atom is -0.508 e. The molecule has 0 saturated carbocycles. The van der Waals surface area contributed by atoms with Crippen molar-refractivity contribution in [1.29, 1.82) is 0 Å². The van der Waals surface area contributed by atoms with E-state index in [1.54, 1.807) is 12.1 Å². The molecular weight excluding hydrogens is 210 g/mol. The summed E-state index contributed by atoms with van der Waals surface area (Å²) >= 11 is 5.90. The number of alkyl halides is 1. The van der Waals surface area contributed by atoms with Crippen LogP contribution in [0.15, 0.2) is 24.3 Å². The molecule has 1 aromatic rings. The van der Waals surface area contributed by atoms with Crippen molar-refractivity contribution in [1.82, 2.24) is 4.90 Å². The van der Waals surface area contributed by atoms with E-state index in [9.17, 15) is 0 Å². The summed E-state index contributed by atoms with van der Waals surface area (Å²) in [5.41, 5.74) is 1.16. The van der Waals surface area contributed by atoms with Gasteiger partial charge in [-0.2, -0.15) is 0 Å². The first-order valence-electron chi connectivity index (χ1n) is 5.01. The van der Waals surface area contributed by atoms with Crippen molar-refractivity contribution in [3.05, 3.63) is 29.8 Å². The summed E-state index contributed by atoms with van der Waals surface area (Å²) in [5.74, 6) is 0.903. The number of hydrogen-bond donors (Lipinski definition) is 1. The highest BCUT2D eigenvalue weighted by atomic mass is 35.5. The van der Waals surface area contributed by atoms with Gasteiger partial charge in [0.2, 0.25) is 0 Å². The molecule has 0 saturated heterocycles. The van der Waals surface area contributed by atoms with Crippen LogP contribution in [0.4, 0.5) is 0 Å². The summed E-state index contributed by atoms with van der Waals surface area (Å²) in [6.07, 6.45) is 0. The summed E-state index contributed by atoms with van der Waals surface area (Å²) in [7, 11) is 2.05. The number of hydrogen-bond acceptors (Lipinski definition) is 2. The van der Waals surface area contributed by atoms with Crippen LogP contribution in [0.2, 0.25) is 0 Å². The van der Waals surface area contributed by atoms with Crippen LogP contribution < -0.4 is 0 Å². The number of rotatable bonds is 4. The molecule has 0 aliphatic heterocycles. The molecule has 0 fully saturated rings. The van der Waals surface area contributed by atoms with Gasteiger partial charge in [0.15, 0.2) is 0 Å². The van der Waals surface area contributed by atoms with Crippen LogP contribution in [0.3, 0.4) is 0 Å². The van der Waals surface area contributed by atoms with E-state index in [0.29, 0.717) is 11.6 Å². The third-order valence-electron chi connectivity index (χ3n) is 2.72. The van der Waals surface area contributed by atoms with Gasteiger partial charge in [-0.3, -0.25) is 4.90 Å². The Morgan fingerprint density at radius 3 is 2.27 bits per heavy atom. The second-order valence-electron chi connectivity index (χ2n) is 4.47. The Morgan fingerprint density at radius 2 is 1.80 bits per heavy atom. The van der Waals surface area contributed by atoms with Crippen LogP contribution in [-0.2, 0) is 6.54 Å². The van der Waals surface area contributed by atoms with E-state index in [0.717, 1.165) is 6.54 Å². The summed E-state index contributed by atoms with van der Waals surface area (Å²) < 4.78 is 0. The fourth-order valence-electron chi connectivity index (χ4n) is 1.19. The minimum absolute atomic E-state index is 0.0144. The van der Waals surface area contributed by atoms with Gasteiger partial charge in [0, 0.05) is 18.0 Å². The van der Waals surface area contributed by atoms with Crippen molar-refractivity contribution >= 4 is 11.6 Å². The maximum absolute atomic E-state index is 9.16. The summed E-state index contributed by atoms with van der Waals surface area (Å²) in [6, 6.07) is 7.26.